The van der Waals surface area contributed by atoms with E-state index in [-0.39, 0.29) is 0 Å². The van der Waals surface area contributed by atoms with Gasteiger partial charge in [-0.15, -0.1) is 0 Å². The van der Waals surface area contributed by atoms with Crippen molar-refractivity contribution in [2.75, 3.05) is 26.8 Å². The summed E-state index contributed by atoms with van der Waals surface area (Å²) in [5.41, 5.74) is 0. The molecule has 3 heteroatoms. The molecule has 1 heterocycles. The summed E-state index contributed by atoms with van der Waals surface area (Å²) in [4.78, 5) is 2.56. The monoisotopic (exact) mass is 212 g/mol. The zero-order valence-electron chi connectivity index (χ0n) is 10.0. The van der Waals surface area contributed by atoms with Gasteiger partial charge in [0.05, 0.1) is 13.2 Å². The van der Waals surface area contributed by atoms with Gasteiger partial charge in [-0.1, -0.05) is 6.42 Å². The zero-order valence-corrected chi connectivity index (χ0v) is 10.0. The molecule has 3 nitrogen and oxygen atoms in total. The molecule has 0 amide bonds. The van der Waals surface area contributed by atoms with Crippen LogP contribution in [0.15, 0.2) is 0 Å². The van der Waals surface area contributed by atoms with Crippen LogP contribution in [0, 0.1) is 0 Å². The van der Waals surface area contributed by atoms with Crippen LogP contribution < -0.4 is 5.32 Å². The second-order valence-electron chi connectivity index (χ2n) is 5.06. The van der Waals surface area contributed by atoms with Crippen molar-refractivity contribution in [3.8, 4) is 0 Å². The van der Waals surface area contributed by atoms with Gasteiger partial charge in [-0.3, -0.25) is 0 Å². The van der Waals surface area contributed by atoms with Crippen molar-refractivity contribution in [2.45, 2.75) is 50.7 Å². The van der Waals surface area contributed by atoms with Gasteiger partial charge in [0.25, 0.3) is 0 Å². The molecule has 15 heavy (non-hydrogen) atoms. The van der Waals surface area contributed by atoms with E-state index in [0.29, 0.717) is 12.1 Å². The Hall–Kier alpha value is -0.120. The fourth-order valence-electron chi connectivity index (χ4n) is 2.50. The summed E-state index contributed by atoms with van der Waals surface area (Å²) in [7, 11) is 2.28. The quantitative estimate of drug-likeness (QED) is 0.759. The molecule has 0 aromatic rings. The average Bonchev–Trinajstić information content (AvgIpc) is 2.16. The van der Waals surface area contributed by atoms with Crippen LogP contribution in [0.5, 0.6) is 0 Å². The lowest BCUT2D eigenvalue weighted by molar-refractivity contribution is 0.0520. The smallest absolute Gasteiger partial charge is 0.0620 e. The van der Waals surface area contributed by atoms with E-state index < -0.39 is 0 Å². The fraction of sp³-hybridized carbons (Fsp3) is 1.00. The van der Waals surface area contributed by atoms with Crippen LogP contribution in [0.25, 0.3) is 0 Å². The Morgan fingerprint density at radius 2 is 2.27 bits per heavy atom. The Morgan fingerprint density at radius 3 is 2.80 bits per heavy atom. The molecule has 0 radical (unpaired) electrons. The highest BCUT2D eigenvalue weighted by Gasteiger charge is 2.27. The molecular formula is C12H24N2O. The van der Waals surface area contributed by atoms with Gasteiger partial charge in [-0.25, -0.2) is 0 Å². The Morgan fingerprint density at radius 1 is 1.47 bits per heavy atom. The van der Waals surface area contributed by atoms with Crippen LogP contribution in [-0.4, -0.2) is 49.8 Å². The van der Waals surface area contributed by atoms with Crippen LogP contribution >= 0.6 is 0 Å². The van der Waals surface area contributed by atoms with Crippen molar-refractivity contribution in [1.29, 1.82) is 0 Å². The molecule has 2 fully saturated rings. The molecule has 2 unspecified atom stereocenters. The standard InChI is InChI=1S/C12H24N2O/c1-10(14(2)12-4-3-5-12)8-11-9-15-7-6-13-11/h10-13H,3-9H2,1-2H3. The second-order valence-corrected chi connectivity index (χ2v) is 5.06. The van der Waals surface area contributed by atoms with E-state index in [1.165, 1.54) is 25.7 Å². The number of hydrogen-bond acceptors (Lipinski definition) is 3. The topological polar surface area (TPSA) is 24.5 Å². The first kappa shape index (κ1) is 11.4. The summed E-state index contributed by atoms with van der Waals surface area (Å²) in [5.74, 6) is 0. The number of hydrogen-bond donors (Lipinski definition) is 1. The summed E-state index contributed by atoms with van der Waals surface area (Å²) in [6, 6.07) is 2.09. The first-order chi connectivity index (χ1) is 7.27. The van der Waals surface area contributed by atoms with Gasteiger partial charge >= 0.3 is 0 Å². The summed E-state index contributed by atoms with van der Waals surface area (Å²) >= 11 is 0. The van der Waals surface area contributed by atoms with Crippen molar-refractivity contribution < 1.29 is 4.74 Å². The van der Waals surface area contributed by atoms with Crippen LogP contribution in [0.1, 0.15) is 32.6 Å². The Labute approximate surface area is 93.2 Å². The molecule has 1 N–H and O–H groups in total. The predicted molar refractivity (Wildman–Crippen MR) is 62.1 cm³/mol. The average molecular weight is 212 g/mol. The molecule has 2 rings (SSSR count). The third-order valence-corrected chi connectivity index (χ3v) is 3.97. The lowest BCUT2D eigenvalue weighted by Crippen LogP contribution is -2.48. The summed E-state index contributed by atoms with van der Waals surface area (Å²) < 4.78 is 5.48. The van der Waals surface area contributed by atoms with Crippen LogP contribution in [0.4, 0.5) is 0 Å². The minimum absolute atomic E-state index is 0.566. The van der Waals surface area contributed by atoms with Crippen LogP contribution in [0.2, 0.25) is 0 Å². The highest BCUT2D eigenvalue weighted by Crippen LogP contribution is 2.26. The van der Waals surface area contributed by atoms with E-state index in [0.717, 1.165) is 25.8 Å². The number of nitrogens with zero attached hydrogens (tertiary/aromatic N) is 1. The SMILES string of the molecule is CC(CC1COCCN1)N(C)C1CCC1. The van der Waals surface area contributed by atoms with Gasteiger partial charge in [-0.05, 0) is 33.2 Å². The minimum Gasteiger partial charge on any atom is -0.379 e. The Kier molecular flexibility index (Phi) is 4.00. The molecule has 2 aliphatic rings. The maximum atomic E-state index is 5.48. The van der Waals surface area contributed by atoms with E-state index in [9.17, 15) is 0 Å². The minimum atomic E-state index is 0.566. The van der Waals surface area contributed by atoms with E-state index in [4.69, 9.17) is 4.74 Å². The first-order valence-electron chi connectivity index (χ1n) is 6.30. The lowest BCUT2D eigenvalue weighted by atomic mass is 9.90. The van der Waals surface area contributed by atoms with Crippen molar-refractivity contribution in [2.24, 2.45) is 0 Å². The van der Waals surface area contributed by atoms with E-state index in [1.807, 2.05) is 0 Å². The molecule has 1 saturated carbocycles. The van der Waals surface area contributed by atoms with Crippen LogP contribution in [-0.2, 0) is 4.74 Å². The van der Waals surface area contributed by atoms with Crippen molar-refractivity contribution >= 4 is 0 Å². The predicted octanol–water partition coefficient (Wildman–Crippen LogP) is 1.24. The molecule has 0 aromatic carbocycles. The molecule has 2 atom stereocenters. The highest BCUT2D eigenvalue weighted by atomic mass is 16.5. The highest BCUT2D eigenvalue weighted by molar-refractivity contribution is 4.84. The fourth-order valence-corrected chi connectivity index (χ4v) is 2.50. The number of nitrogens with one attached hydrogen (secondary N) is 1. The van der Waals surface area contributed by atoms with Gasteiger partial charge in [0.1, 0.15) is 0 Å². The summed E-state index contributed by atoms with van der Waals surface area (Å²) in [6.07, 6.45) is 5.43. The van der Waals surface area contributed by atoms with Crippen LogP contribution in [0.3, 0.4) is 0 Å². The zero-order chi connectivity index (χ0) is 10.7. The lowest BCUT2D eigenvalue weighted by Gasteiger charge is -2.40. The van der Waals surface area contributed by atoms with Gasteiger partial charge in [0.2, 0.25) is 0 Å². The first-order valence-corrected chi connectivity index (χ1v) is 6.30. The molecule has 0 bridgehead atoms. The third-order valence-electron chi connectivity index (χ3n) is 3.97. The number of morpholine rings is 1. The largest absolute Gasteiger partial charge is 0.379 e. The van der Waals surface area contributed by atoms with E-state index in [1.54, 1.807) is 0 Å². The third kappa shape index (κ3) is 2.92. The van der Waals surface area contributed by atoms with Gasteiger partial charge in [0, 0.05) is 24.7 Å². The van der Waals surface area contributed by atoms with Gasteiger partial charge in [-0.2, -0.15) is 0 Å². The molecule has 1 aliphatic heterocycles. The van der Waals surface area contributed by atoms with Gasteiger partial charge < -0.3 is 15.0 Å². The van der Waals surface area contributed by atoms with Gasteiger partial charge in [0.15, 0.2) is 0 Å². The van der Waals surface area contributed by atoms with Crippen molar-refractivity contribution in [1.82, 2.24) is 10.2 Å². The molecule has 1 aliphatic carbocycles. The van der Waals surface area contributed by atoms with E-state index >= 15 is 0 Å². The molecular weight excluding hydrogens is 188 g/mol. The Bertz CT molecular complexity index is 188. The number of ether oxygens (including phenoxy) is 1. The maximum absolute atomic E-state index is 5.48. The molecule has 88 valence electrons. The summed E-state index contributed by atoms with van der Waals surface area (Å²) in [6.45, 7) is 5.13. The molecule has 1 saturated heterocycles. The summed E-state index contributed by atoms with van der Waals surface area (Å²) in [5, 5.41) is 3.53. The van der Waals surface area contributed by atoms with Crippen molar-refractivity contribution in [3.63, 3.8) is 0 Å². The second kappa shape index (κ2) is 5.28. The molecule has 0 spiro atoms. The Balaban J connectivity index is 1.72. The van der Waals surface area contributed by atoms with Crippen molar-refractivity contribution in [3.05, 3.63) is 0 Å². The van der Waals surface area contributed by atoms with E-state index in [2.05, 4.69) is 24.2 Å². The molecule has 0 aromatic heterocycles. The maximum Gasteiger partial charge on any atom is 0.0620 e. The number of rotatable bonds is 4. The normalized spacial score (nSPS) is 30.2.